The molecule has 0 radical (unpaired) electrons. The monoisotopic (exact) mass is 176 g/mol. The van der Waals surface area contributed by atoms with Crippen LogP contribution in [0.3, 0.4) is 0 Å². The summed E-state index contributed by atoms with van der Waals surface area (Å²) in [5.41, 5.74) is 8.38. The largest absolute Gasteiger partial charge is 0.396 e. The fourth-order valence-corrected chi connectivity index (χ4v) is 0.807. The molecule has 0 bridgehead atoms. The molecule has 2 nitrogen and oxygen atoms in total. The van der Waals surface area contributed by atoms with Crippen LogP contribution in [0.4, 0.5) is 24.5 Å². The first-order chi connectivity index (χ1) is 5.46. The van der Waals surface area contributed by atoms with E-state index < -0.39 is 28.8 Å². The fourth-order valence-electron chi connectivity index (χ4n) is 0.807. The Morgan fingerprint density at radius 1 is 0.833 bits per heavy atom. The zero-order valence-electron chi connectivity index (χ0n) is 6.29. The highest BCUT2D eigenvalue weighted by Crippen LogP contribution is 2.27. The van der Waals surface area contributed by atoms with Crippen LogP contribution in [0.1, 0.15) is 5.56 Å². The predicted molar refractivity (Wildman–Crippen MR) is 39.9 cm³/mol. The molecule has 1 rings (SSSR count). The Balaban J connectivity index is 3.60. The highest BCUT2D eigenvalue weighted by molar-refractivity contribution is 5.59. The minimum atomic E-state index is -1.39. The Labute approximate surface area is 67.0 Å². The lowest BCUT2D eigenvalue weighted by atomic mass is 10.1. The molecule has 0 saturated heterocycles. The van der Waals surface area contributed by atoms with E-state index in [0.717, 1.165) is 0 Å². The van der Waals surface area contributed by atoms with Gasteiger partial charge in [-0.15, -0.1) is 0 Å². The van der Waals surface area contributed by atoms with Crippen molar-refractivity contribution < 1.29 is 13.2 Å². The van der Waals surface area contributed by atoms with Crippen molar-refractivity contribution >= 4 is 11.4 Å². The van der Waals surface area contributed by atoms with Gasteiger partial charge in [-0.25, -0.2) is 13.2 Å². The molecule has 0 unspecified atom stereocenters. The first-order valence-corrected chi connectivity index (χ1v) is 3.14. The number of hydrogen-bond donors (Lipinski definition) is 2. The van der Waals surface area contributed by atoms with Gasteiger partial charge in [0.25, 0.3) is 0 Å². The zero-order chi connectivity index (χ0) is 9.46. The Morgan fingerprint density at radius 2 is 1.33 bits per heavy atom. The summed E-state index contributed by atoms with van der Waals surface area (Å²) in [5, 5.41) is 0. The Hall–Kier alpha value is -1.39. The molecule has 1 aromatic carbocycles. The summed E-state index contributed by atoms with van der Waals surface area (Å²) in [5.74, 6) is -3.70. The molecular weight excluding hydrogens is 169 g/mol. The number of hydrogen-bond acceptors (Lipinski definition) is 2. The maximum Gasteiger partial charge on any atom is 0.185 e. The van der Waals surface area contributed by atoms with Crippen molar-refractivity contribution in [3.8, 4) is 0 Å². The maximum absolute atomic E-state index is 12.8. The maximum atomic E-state index is 12.8. The molecule has 0 spiro atoms. The van der Waals surface area contributed by atoms with Crippen LogP contribution in [-0.4, -0.2) is 0 Å². The van der Waals surface area contributed by atoms with Gasteiger partial charge in [-0.05, 0) is 6.92 Å². The van der Waals surface area contributed by atoms with Crippen LogP contribution in [0.25, 0.3) is 0 Å². The molecule has 12 heavy (non-hydrogen) atoms. The third-order valence-electron chi connectivity index (χ3n) is 1.64. The molecule has 0 aliphatic carbocycles. The van der Waals surface area contributed by atoms with Gasteiger partial charge in [0.2, 0.25) is 0 Å². The zero-order valence-corrected chi connectivity index (χ0v) is 6.29. The van der Waals surface area contributed by atoms with Crippen molar-refractivity contribution in [3.05, 3.63) is 23.0 Å². The van der Waals surface area contributed by atoms with Gasteiger partial charge in [-0.1, -0.05) is 0 Å². The lowest BCUT2D eigenvalue weighted by Crippen LogP contribution is -2.06. The SMILES string of the molecule is Cc1c(N)c(F)c(N)c(F)c1F. The van der Waals surface area contributed by atoms with Crippen LogP contribution in [0, 0.1) is 24.4 Å². The molecule has 0 heterocycles. The molecule has 0 amide bonds. The van der Waals surface area contributed by atoms with Gasteiger partial charge in [0, 0.05) is 5.56 Å². The van der Waals surface area contributed by atoms with Gasteiger partial charge in [0.15, 0.2) is 17.5 Å². The molecular formula is C7H7F3N2. The molecule has 0 fully saturated rings. The second-order valence-electron chi connectivity index (χ2n) is 2.39. The van der Waals surface area contributed by atoms with E-state index in [-0.39, 0.29) is 5.56 Å². The Bertz CT molecular complexity index is 231. The Kier molecular flexibility index (Phi) is 1.87. The minimum absolute atomic E-state index is 0.265. The second kappa shape index (κ2) is 2.58. The van der Waals surface area contributed by atoms with Gasteiger partial charge in [-0.3, -0.25) is 0 Å². The van der Waals surface area contributed by atoms with Gasteiger partial charge in [0.1, 0.15) is 5.69 Å². The molecule has 0 atom stereocenters. The van der Waals surface area contributed by atoms with Crippen molar-refractivity contribution in [1.29, 1.82) is 0 Å². The third-order valence-corrected chi connectivity index (χ3v) is 1.64. The van der Waals surface area contributed by atoms with Crippen LogP contribution >= 0.6 is 0 Å². The quantitative estimate of drug-likeness (QED) is 0.465. The molecule has 66 valence electrons. The molecule has 0 aliphatic rings. The summed E-state index contributed by atoms with van der Waals surface area (Å²) in [6, 6.07) is 0. The molecule has 0 aliphatic heterocycles. The fraction of sp³-hybridized carbons (Fsp3) is 0.143. The lowest BCUT2D eigenvalue weighted by molar-refractivity contribution is 0.496. The van der Waals surface area contributed by atoms with Crippen LogP contribution < -0.4 is 11.5 Å². The molecule has 0 saturated carbocycles. The van der Waals surface area contributed by atoms with Crippen molar-refractivity contribution in [2.45, 2.75) is 6.92 Å². The minimum Gasteiger partial charge on any atom is -0.396 e. The summed E-state index contributed by atoms with van der Waals surface area (Å²) in [4.78, 5) is 0. The summed E-state index contributed by atoms with van der Waals surface area (Å²) in [6.07, 6.45) is 0. The topological polar surface area (TPSA) is 52.0 Å². The van der Waals surface area contributed by atoms with E-state index in [1.807, 2.05) is 0 Å². The first-order valence-electron chi connectivity index (χ1n) is 3.14. The van der Waals surface area contributed by atoms with Gasteiger partial charge in [0.05, 0.1) is 5.69 Å². The van der Waals surface area contributed by atoms with Gasteiger partial charge in [-0.2, -0.15) is 0 Å². The van der Waals surface area contributed by atoms with Crippen LogP contribution in [-0.2, 0) is 0 Å². The van der Waals surface area contributed by atoms with Gasteiger partial charge < -0.3 is 11.5 Å². The average molecular weight is 176 g/mol. The summed E-state index contributed by atoms with van der Waals surface area (Å²) in [7, 11) is 0. The van der Waals surface area contributed by atoms with Crippen molar-refractivity contribution in [2.75, 3.05) is 11.5 Å². The standard InChI is InChI=1S/C7H7F3N2/c1-2-3(8)4(9)7(12)5(10)6(2)11/h11-12H2,1H3. The highest BCUT2D eigenvalue weighted by atomic mass is 19.2. The molecule has 1 aromatic rings. The summed E-state index contributed by atoms with van der Waals surface area (Å²) >= 11 is 0. The Morgan fingerprint density at radius 3 is 1.83 bits per heavy atom. The smallest absolute Gasteiger partial charge is 0.185 e. The number of nitrogen functional groups attached to an aromatic ring is 2. The highest BCUT2D eigenvalue weighted by Gasteiger charge is 2.18. The van der Waals surface area contributed by atoms with Crippen LogP contribution in [0.15, 0.2) is 0 Å². The molecule has 0 aromatic heterocycles. The summed E-state index contributed by atoms with van der Waals surface area (Å²) in [6.45, 7) is 1.18. The number of benzene rings is 1. The predicted octanol–water partition coefficient (Wildman–Crippen LogP) is 1.58. The van der Waals surface area contributed by atoms with E-state index in [4.69, 9.17) is 11.5 Å². The second-order valence-corrected chi connectivity index (χ2v) is 2.39. The van der Waals surface area contributed by atoms with Gasteiger partial charge >= 0.3 is 0 Å². The number of halogens is 3. The van der Waals surface area contributed by atoms with Crippen molar-refractivity contribution in [1.82, 2.24) is 0 Å². The lowest BCUT2D eigenvalue weighted by Gasteiger charge is -2.06. The van der Waals surface area contributed by atoms with E-state index >= 15 is 0 Å². The summed E-state index contributed by atoms with van der Waals surface area (Å²) < 4.78 is 38.1. The van der Waals surface area contributed by atoms with E-state index in [1.54, 1.807) is 0 Å². The third kappa shape index (κ3) is 0.975. The van der Waals surface area contributed by atoms with E-state index in [0.29, 0.717) is 0 Å². The van der Waals surface area contributed by atoms with Crippen LogP contribution in [0.2, 0.25) is 0 Å². The van der Waals surface area contributed by atoms with Crippen molar-refractivity contribution in [2.24, 2.45) is 0 Å². The number of anilines is 2. The number of nitrogens with two attached hydrogens (primary N) is 2. The average Bonchev–Trinajstić information content (AvgIpc) is 2.08. The number of rotatable bonds is 0. The van der Waals surface area contributed by atoms with E-state index in [1.165, 1.54) is 6.92 Å². The van der Waals surface area contributed by atoms with Crippen molar-refractivity contribution in [3.63, 3.8) is 0 Å². The van der Waals surface area contributed by atoms with Crippen LogP contribution in [0.5, 0.6) is 0 Å². The molecule has 4 N–H and O–H groups in total. The normalized spacial score (nSPS) is 10.3. The molecule has 5 heteroatoms. The van der Waals surface area contributed by atoms with E-state index in [9.17, 15) is 13.2 Å². The van der Waals surface area contributed by atoms with E-state index in [2.05, 4.69) is 0 Å². The first kappa shape index (κ1) is 8.70.